The minimum atomic E-state index is -1.45. The Hall–Kier alpha value is -2.08. The molecule has 0 fully saturated rings. The number of primary amides is 1. The molecule has 0 saturated carbocycles. The van der Waals surface area contributed by atoms with E-state index in [1.807, 2.05) is 0 Å². The summed E-state index contributed by atoms with van der Waals surface area (Å²) in [7, 11) is 0. The first kappa shape index (κ1) is 32.0. The minimum absolute atomic E-state index is 0. The maximum absolute atomic E-state index is 10.4. The molecular formula is C10H17CuN2O9. The molecule has 22 heavy (non-hydrogen) atoms. The van der Waals surface area contributed by atoms with E-state index in [0.29, 0.717) is 5.56 Å². The third-order valence-corrected chi connectivity index (χ3v) is 1.39. The molecule has 0 aliphatic rings. The van der Waals surface area contributed by atoms with Crippen molar-refractivity contribution in [3.63, 3.8) is 0 Å². The Bertz CT molecular complexity index is 402. The number of aliphatic carboxylic acids is 2. The Labute approximate surface area is 135 Å². The molecule has 0 atom stereocenters. The Kier molecular flexibility index (Phi) is 27.5. The van der Waals surface area contributed by atoms with E-state index in [1.165, 1.54) is 6.20 Å². The van der Waals surface area contributed by atoms with Crippen molar-refractivity contribution in [1.29, 1.82) is 0 Å². The van der Waals surface area contributed by atoms with Crippen molar-refractivity contribution in [3.8, 4) is 0 Å². The van der Waals surface area contributed by atoms with Gasteiger partial charge in [-0.2, -0.15) is 0 Å². The van der Waals surface area contributed by atoms with Crippen molar-refractivity contribution in [2.24, 2.45) is 5.73 Å². The fourth-order valence-electron chi connectivity index (χ4n) is 0.726. The van der Waals surface area contributed by atoms with Crippen molar-refractivity contribution in [2.45, 2.75) is 0 Å². The van der Waals surface area contributed by atoms with Crippen LogP contribution in [-0.4, -0.2) is 47.0 Å². The molecule has 0 radical (unpaired) electrons. The van der Waals surface area contributed by atoms with Crippen molar-refractivity contribution in [3.05, 3.63) is 30.1 Å². The van der Waals surface area contributed by atoms with Crippen LogP contribution in [0, 0.1) is 0 Å². The number of amides is 1. The molecule has 132 valence electrons. The van der Waals surface area contributed by atoms with Crippen LogP contribution in [0.3, 0.4) is 0 Å². The third kappa shape index (κ3) is 20.2. The van der Waals surface area contributed by atoms with Crippen LogP contribution in [0.2, 0.25) is 0 Å². The van der Waals surface area contributed by atoms with Gasteiger partial charge in [0.1, 0.15) is 0 Å². The van der Waals surface area contributed by atoms with Gasteiger partial charge in [0, 0.05) is 12.4 Å². The minimum Gasteiger partial charge on any atom is -0.548 e. The van der Waals surface area contributed by atoms with Gasteiger partial charge in [0.15, 0.2) is 0 Å². The number of carboxylic acids is 2. The summed E-state index contributed by atoms with van der Waals surface area (Å²) in [6.07, 6.45) is 3.02. The van der Waals surface area contributed by atoms with Gasteiger partial charge < -0.3 is 46.7 Å². The average molecular weight is 373 g/mol. The molecule has 0 aliphatic carbocycles. The molecule has 0 aliphatic heterocycles. The third-order valence-electron chi connectivity index (χ3n) is 1.39. The van der Waals surface area contributed by atoms with E-state index < -0.39 is 31.1 Å². The topological polar surface area (TPSA) is 241 Å². The van der Waals surface area contributed by atoms with E-state index in [1.54, 1.807) is 18.3 Å². The number of hydrogen-bond acceptors (Lipinski definition) is 7. The van der Waals surface area contributed by atoms with Crippen LogP contribution in [0.1, 0.15) is 10.4 Å². The summed E-state index contributed by atoms with van der Waals surface area (Å²) in [6, 6.07) is 3.29. The van der Waals surface area contributed by atoms with E-state index in [4.69, 9.17) is 5.73 Å². The van der Waals surface area contributed by atoms with Crippen LogP contribution in [-0.2, 0) is 36.9 Å². The van der Waals surface area contributed by atoms with Crippen molar-refractivity contribution in [1.82, 2.24) is 4.98 Å². The molecule has 0 unspecified atom stereocenters. The number of hydrogen-bond donors (Lipinski definition) is 1. The maximum Gasteiger partial charge on any atom is 1.00 e. The van der Waals surface area contributed by atoms with Gasteiger partial charge in [0.2, 0.25) is 5.91 Å². The van der Waals surface area contributed by atoms with Crippen molar-refractivity contribution < 1.29 is 62.8 Å². The first-order valence-corrected chi connectivity index (χ1v) is 4.60. The van der Waals surface area contributed by atoms with Crippen LogP contribution in [0.5, 0.6) is 0 Å². The second-order valence-electron chi connectivity index (χ2n) is 2.84. The average Bonchev–Trinajstić information content (AvgIpc) is 2.30. The number of carbonyl (C=O) groups excluding carboxylic acids is 3. The molecule has 1 amide bonds. The summed E-state index contributed by atoms with van der Waals surface area (Å²) < 4.78 is 4.03. The molecule has 0 aromatic carbocycles. The molecule has 1 heterocycles. The maximum atomic E-state index is 10.4. The van der Waals surface area contributed by atoms with Crippen LogP contribution >= 0.6 is 0 Å². The fourth-order valence-corrected chi connectivity index (χ4v) is 0.726. The van der Waals surface area contributed by atoms with E-state index in [2.05, 4.69) is 9.72 Å². The van der Waals surface area contributed by atoms with Gasteiger partial charge in [-0.15, -0.1) is 0 Å². The van der Waals surface area contributed by atoms with Crippen LogP contribution in [0.15, 0.2) is 24.5 Å². The van der Waals surface area contributed by atoms with E-state index >= 15 is 0 Å². The molecule has 12 heteroatoms. The zero-order valence-electron chi connectivity index (χ0n) is 11.1. The second-order valence-corrected chi connectivity index (χ2v) is 2.84. The Balaban J connectivity index is -0.0000000741. The number of nitrogens with zero attached hydrogens (tertiary/aromatic N) is 1. The molecule has 1 aromatic rings. The van der Waals surface area contributed by atoms with Gasteiger partial charge in [0.05, 0.1) is 30.7 Å². The Morgan fingerprint density at radius 1 is 1.14 bits per heavy atom. The van der Waals surface area contributed by atoms with Crippen LogP contribution in [0.25, 0.3) is 0 Å². The van der Waals surface area contributed by atoms with Gasteiger partial charge in [-0.1, -0.05) is 0 Å². The summed E-state index contributed by atoms with van der Waals surface area (Å²) in [5.41, 5.74) is 5.38. The molecule has 1 rings (SSSR count). The monoisotopic (exact) mass is 372 g/mol. The predicted octanol–water partition coefficient (Wildman–Crippen LogP) is -5.89. The Morgan fingerprint density at radius 2 is 1.59 bits per heavy atom. The number of aromatic nitrogens is 1. The fraction of sp³-hybridized carbons (Fsp3) is 0.200. The number of carboxylic acid groups (broad SMARTS) is 2. The van der Waals surface area contributed by atoms with Crippen molar-refractivity contribution in [2.75, 3.05) is 13.2 Å². The summed E-state index contributed by atoms with van der Waals surface area (Å²) in [5.74, 6) is -3.34. The second kappa shape index (κ2) is 18.9. The standard InChI is InChI=1S/C6H6N2O.C4H6O5.Cu.3H2O/c7-6(9)5-2-1-3-8-4-5;5-3(6)1-9-2-4(7)8;;;;/h1-4H,(H2,7,9);1-2H2,(H,5,6)(H,7,8);;3*1H2/q;;+1;;;/p-1. The van der Waals surface area contributed by atoms with E-state index in [-0.39, 0.29) is 33.5 Å². The summed E-state index contributed by atoms with van der Waals surface area (Å²) in [4.78, 5) is 33.2. The van der Waals surface area contributed by atoms with E-state index in [0.717, 1.165) is 0 Å². The number of nitrogens with two attached hydrogens (primary N) is 1. The van der Waals surface area contributed by atoms with Gasteiger partial charge in [-0.05, 0) is 12.1 Å². The summed E-state index contributed by atoms with van der Waals surface area (Å²) >= 11 is 0. The predicted molar refractivity (Wildman–Crippen MR) is 65.7 cm³/mol. The van der Waals surface area contributed by atoms with Gasteiger partial charge >= 0.3 is 17.1 Å². The Morgan fingerprint density at radius 3 is 1.82 bits per heavy atom. The molecule has 1 aromatic heterocycles. The molecule has 9 N–H and O–H groups in total. The molecule has 0 spiro atoms. The molecule has 11 nitrogen and oxygen atoms in total. The van der Waals surface area contributed by atoms with Gasteiger partial charge in [-0.3, -0.25) is 9.78 Å². The number of ether oxygens (including phenoxy) is 1. The molecule has 0 bridgehead atoms. The zero-order valence-corrected chi connectivity index (χ0v) is 12.0. The van der Waals surface area contributed by atoms with E-state index in [9.17, 15) is 24.6 Å². The van der Waals surface area contributed by atoms with Crippen LogP contribution in [0.4, 0.5) is 0 Å². The van der Waals surface area contributed by atoms with Crippen molar-refractivity contribution >= 4 is 17.8 Å². The summed E-state index contributed by atoms with van der Waals surface area (Å²) in [5, 5.41) is 19.1. The SMILES string of the molecule is NC(=O)c1cccnc1.O.O.O=C([O-])COCC(=O)[O-].[Cu+].[OH3+]. The van der Waals surface area contributed by atoms with Gasteiger partial charge in [0.25, 0.3) is 0 Å². The smallest absolute Gasteiger partial charge is 0.548 e. The largest absolute Gasteiger partial charge is 1.00 e. The number of carbonyl (C=O) groups is 3. The number of rotatable bonds is 5. The molecular weight excluding hydrogens is 356 g/mol. The van der Waals surface area contributed by atoms with Crippen LogP contribution < -0.4 is 15.9 Å². The zero-order chi connectivity index (χ0) is 14.0. The normalized spacial score (nSPS) is 7.27. The number of pyridine rings is 1. The summed E-state index contributed by atoms with van der Waals surface area (Å²) in [6.45, 7) is -1.43. The molecule has 0 saturated heterocycles. The first-order chi connectivity index (χ1) is 8.43. The van der Waals surface area contributed by atoms with Gasteiger partial charge in [-0.25, -0.2) is 0 Å². The quantitative estimate of drug-likeness (QED) is 0.386. The first-order valence-electron chi connectivity index (χ1n) is 4.60.